The minimum Gasteiger partial charge on any atom is -0.475 e. The Morgan fingerprint density at radius 3 is 2.12 bits per heavy atom. The second-order valence-electron chi connectivity index (χ2n) is 4.70. The number of ether oxygens (including phenoxy) is 2. The SMILES string of the molecule is CC(Oc1ccccc1C(F)(F)F)=C(Oc1ccccc1)C(=O)O. The lowest BCUT2D eigenvalue weighted by atomic mass is 10.2. The van der Waals surface area contributed by atoms with Crippen molar-refractivity contribution < 1.29 is 32.5 Å². The highest BCUT2D eigenvalue weighted by Crippen LogP contribution is 2.36. The summed E-state index contributed by atoms with van der Waals surface area (Å²) in [4.78, 5) is 11.3. The standard InChI is InChI=1S/C17H13F3O4/c1-11(15(16(21)22)24-12-7-3-2-4-8-12)23-14-10-6-5-9-13(14)17(18,19)20/h2-10H,1H3,(H,21,22). The molecule has 0 saturated carbocycles. The fraction of sp³-hybridized carbons (Fsp3) is 0.118. The molecule has 0 atom stereocenters. The molecular weight excluding hydrogens is 325 g/mol. The van der Waals surface area contributed by atoms with E-state index in [9.17, 15) is 23.1 Å². The van der Waals surface area contributed by atoms with Crippen molar-refractivity contribution in [3.05, 3.63) is 71.7 Å². The highest BCUT2D eigenvalue weighted by molar-refractivity contribution is 5.85. The number of hydrogen-bond acceptors (Lipinski definition) is 3. The summed E-state index contributed by atoms with van der Waals surface area (Å²) in [6.45, 7) is 1.22. The number of alkyl halides is 3. The van der Waals surface area contributed by atoms with Gasteiger partial charge in [0.15, 0.2) is 5.76 Å². The normalized spacial score (nSPS) is 12.3. The summed E-state index contributed by atoms with van der Waals surface area (Å²) in [5.74, 6) is -2.64. The number of carboxylic acid groups (broad SMARTS) is 1. The van der Waals surface area contributed by atoms with Crippen molar-refractivity contribution in [2.75, 3.05) is 0 Å². The Bertz CT molecular complexity index is 752. The average Bonchev–Trinajstić information content (AvgIpc) is 2.52. The number of rotatable bonds is 5. The fourth-order valence-electron chi connectivity index (χ4n) is 1.87. The Morgan fingerprint density at radius 2 is 1.54 bits per heavy atom. The third-order valence-electron chi connectivity index (χ3n) is 2.93. The Hall–Kier alpha value is -2.96. The van der Waals surface area contributed by atoms with Crippen molar-refractivity contribution in [1.82, 2.24) is 0 Å². The maximum atomic E-state index is 13.0. The molecule has 0 bridgehead atoms. The van der Waals surface area contributed by atoms with Crippen molar-refractivity contribution in [3.63, 3.8) is 0 Å². The summed E-state index contributed by atoms with van der Waals surface area (Å²) in [7, 11) is 0. The summed E-state index contributed by atoms with van der Waals surface area (Å²) in [5.41, 5.74) is -1.01. The summed E-state index contributed by atoms with van der Waals surface area (Å²) < 4.78 is 49.2. The summed E-state index contributed by atoms with van der Waals surface area (Å²) in [5, 5.41) is 9.23. The molecule has 0 aliphatic heterocycles. The van der Waals surface area contributed by atoms with Crippen LogP contribution in [0.1, 0.15) is 12.5 Å². The van der Waals surface area contributed by atoms with Crippen LogP contribution < -0.4 is 9.47 Å². The van der Waals surface area contributed by atoms with Crippen LogP contribution in [0.25, 0.3) is 0 Å². The van der Waals surface area contributed by atoms with E-state index in [1.54, 1.807) is 18.2 Å². The first-order chi connectivity index (χ1) is 11.3. The summed E-state index contributed by atoms with van der Waals surface area (Å²) in [6, 6.07) is 12.5. The van der Waals surface area contributed by atoms with E-state index in [0.717, 1.165) is 12.1 Å². The van der Waals surface area contributed by atoms with Crippen molar-refractivity contribution >= 4 is 5.97 Å². The van der Waals surface area contributed by atoms with E-state index in [2.05, 4.69) is 0 Å². The van der Waals surface area contributed by atoms with Gasteiger partial charge in [-0.1, -0.05) is 30.3 Å². The lowest BCUT2D eigenvalue weighted by Crippen LogP contribution is -2.14. The third-order valence-corrected chi connectivity index (χ3v) is 2.93. The Kier molecular flexibility index (Phi) is 5.13. The van der Waals surface area contributed by atoms with Gasteiger partial charge in [-0.25, -0.2) is 4.79 Å². The second kappa shape index (κ2) is 7.08. The van der Waals surface area contributed by atoms with Crippen molar-refractivity contribution in [2.24, 2.45) is 0 Å². The quantitative estimate of drug-likeness (QED) is 0.645. The van der Waals surface area contributed by atoms with Crippen LogP contribution in [0.3, 0.4) is 0 Å². The van der Waals surface area contributed by atoms with Crippen LogP contribution in [-0.2, 0) is 11.0 Å². The number of benzene rings is 2. The fourth-order valence-corrected chi connectivity index (χ4v) is 1.87. The van der Waals surface area contributed by atoms with Gasteiger partial charge < -0.3 is 14.6 Å². The molecule has 4 nitrogen and oxygen atoms in total. The molecule has 0 heterocycles. The lowest BCUT2D eigenvalue weighted by Gasteiger charge is -2.15. The van der Waals surface area contributed by atoms with Gasteiger partial charge >= 0.3 is 12.1 Å². The number of aliphatic carboxylic acids is 1. The van der Waals surface area contributed by atoms with E-state index in [4.69, 9.17) is 9.47 Å². The van der Waals surface area contributed by atoms with Crippen LogP contribution in [0.4, 0.5) is 13.2 Å². The molecule has 0 aromatic heterocycles. The van der Waals surface area contributed by atoms with Crippen LogP contribution in [-0.4, -0.2) is 11.1 Å². The number of hydrogen-bond donors (Lipinski definition) is 1. The molecule has 0 amide bonds. The van der Waals surface area contributed by atoms with E-state index < -0.39 is 29.2 Å². The lowest BCUT2D eigenvalue weighted by molar-refractivity contribution is -0.138. The maximum Gasteiger partial charge on any atom is 0.419 e. The molecule has 0 aliphatic rings. The third kappa shape index (κ3) is 4.28. The molecular formula is C17H13F3O4. The first-order valence-electron chi connectivity index (χ1n) is 6.80. The van der Waals surface area contributed by atoms with Crippen LogP contribution in [0.2, 0.25) is 0 Å². The average molecular weight is 338 g/mol. The number of halogens is 3. The number of allylic oxidation sites excluding steroid dienone is 1. The minimum absolute atomic E-state index is 0.224. The van der Waals surface area contributed by atoms with Gasteiger partial charge in [0, 0.05) is 0 Å². The van der Waals surface area contributed by atoms with Crippen LogP contribution >= 0.6 is 0 Å². The topological polar surface area (TPSA) is 55.8 Å². The maximum absolute atomic E-state index is 13.0. The van der Waals surface area contributed by atoms with Gasteiger partial charge in [0.2, 0.25) is 5.76 Å². The van der Waals surface area contributed by atoms with Gasteiger partial charge in [-0.05, 0) is 31.2 Å². The smallest absolute Gasteiger partial charge is 0.419 e. The van der Waals surface area contributed by atoms with Crippen LogP contribution in [0.15, 0.2) is 66.1 Å². The molecule has 2 rings (SSSR count). The molecule has 1 N–H and O–H groups in total. The summed E-state index contributed by atoms with van der Waals surface area (Å²) >= 11 is 0. The highest BCUT2D eigenvalue weighted by atomic mass is 19.4. The van der Waals surface area contributed by atoms with Crippen LogP contribution in [0, 0.1) is 0 Å². The van der Waals surface area contributed by atoms with Gasteiger partial charge in [0.05, 0.1) is 5.56 Å². The van der Waals surface area contributed by atoms with E-state index in [-0.39, 0.29) is 11.5 Å². The van der Waals surface area contributed by atoms with E-state index in [1.807, 2.05) is 0 Å². The van der Waals surface area contributed by atoms with E-state index in [0.29, 0.717) is 0 Å². The molecule has 0 saturated heterocycles. The zero-order chi connectivity index (χ0) is 17.7. The Morgan fingerprint density at radius 1 is 0.958 bits per heavy atom. The molecule has 7 heteroatoms. The molecule has 0 aliphatic carbocycles. The zero-order valence-corrected chi connectivity index (χ0v) is 12.5. The first kappa shape index (κ1) is 17.4. The molecule has 2 aromatic rings. The number of para-hydroxylation sites is 2. The van der Waals surface area contributed by atoms with E-state index >= 15 is 0 Å². The molecule has 0 spiro atoms. The second-order valence-corrected chi connectivity index (χ2v) is 4.70. The molecule has 0 unspecified atom stereocenters. The minimum atomic E-state index is -4.62. The molecule has 126 valence electrons. The molecule has 24 heavy (non-hydrogen) atoms. The van der Waals surface area contributed by atoms with Gasteiger partial charge in [-0.2, -0.15) is 13.2 Å². The molecule has 2 aromatic carbocycles. The number of carboxylic acids is 1. The monoisotopic (exact) mass is 338 g/mol. The van der Waals surface area contributed by atoms with Gasteiger partial charge in [-0.15, -0.1) is 0 Å². The largest absolute Gasteiger partial charge is 0.475 e. The van der Waals surface area contributed by atoms with Gasteiger partial charge in [-0.3, -0.25) is 0 Å². The zero-order valence-electron chi connectivity index (χ0n) is 12.5. The predicted molar refractivity (Wildman–Crippen MR) is 79.5 cm³/mol. The number of carbonyl (C=O) groups is 1. The van der Waals surface area contributed by atoms with Crippen molar-refractivity contribution in [1.29, 1.82) is 0 Å². The first-order valence-corrected chi connectivity index (χ1v) is 6.80. The van der Waals surface area contributed by atoms with Crippen LogP contribution in [0.5, 0.6) is 11.5 Å². The molecule has 0 radical (unpaired) electrons. The van der Waals surface area contributed by atoms with Gasteiger partial charge in [0.1, 0.15) is 11.5 Å². The van der Waals surface area contributed by atoms with Crippen molar-refractivity contribution in [3.8, 4) is 11.5 Å². The summed E-state index contributed by atoms with van der Waals surface area (Å²) in [6.07, 6.45) is -4.62. The predicted octanol–water partition coefficient (Wildman–Crippen LogP) is 4.48. The Labute approximate surface area is 135 Å². The Balaban J connectivity index is 2.35. The van der Waals surface area contributed by atoms with E-state index in [1.165, 1.54) is 31.2 Å². The highest BCUT2D eigenvalue weighted by Gasteiger charge is 2.34. The van der Waals surface area contributed by atoms with Gasteiger partial charge in [0.25, 0.3) is 0 Å². The molecule has 0 fully saturated rings. The van der Waals surface area contributed by atoms with Crippen molar-refractivity contribution in [2.45, 2.75) is 13.1 Å².